The molecule has 1 aromatic carbocycles. The van der Waals surface area contributed by atoms with Gasteiger partial charge in [-0.3, -0.25) is 4.72 Å². The third-order valence-electron chi connectivity index (χ3n) is 2.56. The summed E-state index contributed by atoms with van der Waals surface area (Å²) in [6, 6.07) is 6.05. The second kappa shape index (κ2) is 5.26. The van der Waals surface area contributed by atoms with Crippen LogP contribution in [0.15, 0.2) is 35.2 Å². The summed E-state index contributed by atoms with van der Waals surface area (Å²) in [5.41, 5.74) is 6.17. The fourth-order valence-corrected chi connectivity index (χ4v) is 3.03. The Hall–Kier alpha value is -1.86. The van der Waals surface area contributed by atoms with E-state index >= 15 is 0 Å². The van der Waals surface area contributed by atoms with Gasteiger partial charge in [-0.15, -0.1) is 0 Å². The highest BCUT2D eigenvalue weighted by molar-refractivity contribution is 7.92. The first kappa shape index (κ1) is 14.5. The van der Waals surface area contributed by atoms with Gasteiger partial charge in [0, 0.05) is 0 Å². The van der Waals surface area contributed by atoms with Gasteiger partial charge in [0.25, 0.3) is 10.0 Å². The van der Waals surface area contributed by atoms with Gasteiger partial charge in [-0.1, -0.05) is 11.6 Å². The molecule has 0 unspecified atom stereocenters. The lowest BCUT2D eigenvalue weighted by Crippen LogP contribution is -2.16. The molecule has 1 aromatic heterocycles. The molecule has 5 nitrogen and oxygen atoms in total. The van der Waals surface area contributed by atoms with Gasteiger partial charge in [-0.2, -0.15) is 0 Å². The Bertz CT molecular complexity index is 765. The van der Waals surface area contributed by atoms with Crippen molar-refractivity contribution in [2.24, 2.45) is 0 Å². The Morgan fingerprint density at radius 1 is 1.30 bits per heavy atom. The Morgan fingerprint density at radius 2 is 2.00 bits per heavy atom. The molecule has 0 saturated carbocycles. The van der Waals surface area contributed by atoms with Crippen molar-refractivity contribution in [3.63, 3.8) is 0 Å². The molecule has 106 valence electrons. The molecule has 0 radical (unpaired) electrons. The molecule has 8 heteroatoms. The SMILES string of the molecule is Cc1nc(Cl)ccc1NS(=O)(=O)c1cc(F)ccc1N. The highest BCUT2D eigenvalue weighted by Crippen LogP contribution is 2.24. The largest absolute Gasteiger partial charge is 0.398 e. The van der Waals surface area contributed by atoms with Crippen molar-refractivity contribution >= 4 is 33.0 Å². The lowest BCUT2D eigenvalue weighted by atomic mass is 10.3. The summed E-state index contributed by atoms with van der Waals surface area (Å²) in [6.07, 6.45) is 0. The second-order valence-electron chi connectivity index (χ2n) is 4.05. The Kier molecular flexibility index (Phi) is 3.82. The van der Waals surface area contributed by atoms with Crippen LogP contribution in [0.25, 0.3) is 0 Å². The Balaban J connectivity index is 2.43. The number of nitrogens with two attached hydrogens (primary N) is 1. The number of nitrogens with one attached hydrogen (secondary N) is 1. The average molecular weight is 316 g/mol. The molecule has 0 saturated heterocycles. The molecule has 0 amide bonds. The molecule has 0 aliphatic rings. The number of hydrogen-bond donors (Lipinski definition) is 2. The topological polar surface area (TPSA) is 85.1 Å². The summed E-state index contributed by atoms with van der Waals surface area (Å²) in [6.45, 7) is 1.60. The number of hydrogen-bond acceptors (Lipinski definition) is 4. The molecule has 1 heterocycles. The van der Waals surface area contributed by atoms with E-state index in [1.807, 2.05) is 0 Å². The number of rotatable bonds is 3. The summed E-state index contributed by atoms with van der Waals surface area (Å²) < 4.78 is 39.9. The fraction of sp³-hybridized carbons (Fsp3) is 0.0833. The molecule has 2 aromatic rings. The minimum atomic E-state index is -4.00. The van der Waals surface area contributed by atoms with Crippen LogP contribution in [0.4, 0.5) is 15.8 Å². The molecule has 0 fully saturated rings. The van der Waals surface area contributed by atoms with Crippen molar-refractivity contribution in [2.75, 3.05) is 10.5 Å². The minimum Gasteiger partial charge on any atom is -0.398 e. The average Bonchev–Trinajstić information content (AvgIpc) is 2.35. The number of aromatic nitrogens is 1. The minimum absolute atomic E-state index is 0.0431. The molecule has 0 aliphatic heterocycles. The van der Waals surface area contributed by atoms with E-state index in [1.165, 1.54) is 18.2 Å². The van der Waals surface area contributed by atoms with Gasteiger partial charge in [-0.05, 0) is 37.3 Å². The zero-order valence-electron chi connectivity index (χ0n) is 10.4. The predicted molar refractivity (Wildman–Crippen MR) is 75.6 cm³/mol. The van der Waals surface area contributed by atoms with Crippen molar-refractivity contribution in [3.05, 3.63) is 47.0 Å². The highest BCUT2D eigenvalue weighted by Gasteiger charge is 2.19. The number of benzene rings is 1. The van der Waals surface area contributed by atoms with Crippen molar-refractivity contribution < 1.29 is 12.8 Å². The van der Waals surface area contributed by atoms with Crippen LogP contribution in [-0.2, 0) is 10.0 Å². The van der Waals surface area contributed by atoms with Gasteiger partial charge in [-0.25, -0.2) is 17.8 Å². The van der Waals surface area contributed by atoms with Gasteiger partial charge < -0.3 is 5.73 Å². The van der Waals surface area contributed by atoms with E-state index in [-0.39, 0.29) is 21.4 Å². The number of aryl methyl sites for hydroxylation is 1. The smallest absolute Gasteiger partial charge is 0.264 e. The lowest BCUT2D eigenvalue weighted by molar-refractivity contribution is 0.596. The van der Waals surface area contributed by atoms with Crippen molar-refractivity contribution in [1.82, 2.24) is 4.98 Å². The van der Waals surface area contributed by atoms with E-state index < -0.39 is 15.8 Å². The van der Waals surface area contributed by atoms with Crippen LogP contribution < -0.4 is 10.5 Å². The van der Waals surface area contributed by atoms with Crippen LogP contribution in [0, 0.1) is 12.7 Å². The maximum atomic E-state index is 13.2. The first-order valence-electron chi connectivity index (χ1n) is 5.50. The lowest BCUT2D eigenvalue weighted by Gasteiger charge is -2.11. The van der Waals surface area contributed by atoms with Crippen molar-refractivity contribution in [1.29, 1.82) is 0 Å². The molecule has 0 bridgehead atoms. The number of anilines is 2. The maximum absolute atomic E-state index is 13.2. The van der Waals surface area contributed by atoms with Gasteiger partial charge in [0.1, 0.15) is 15.9 Å². The summed E-state index contributed by atoms with van der Waals surface area (Å²) in [5.74, 6) is -0.689. The van der Waals surface area contributed by atoms with Crippen molar-refractivity contribution in [2.45, 2.75) is 11.8 Å². The standard InChI is InChI=1S/C12H11ClFN3O2S/c1-7-10(4-5-12(13)16-7)17-20(18,19)11-6-8(14)2-3-9(11)15/h2-6,17H,15H2,1H3. The van der Waals surface area contributed by atoms with E-state index in [0.29, 0.717) is 5.69 Å². The third kappa shape index (κ3) is 3.00. The summed E-state index contributed by atoms with van der Waals surface area (Å²) in [5, 5.41) is 0.246. The Morgan fingerprint density at radius 3 is 2.65 bits per heavy atom. The number of sulfonamides is 1. The van der Waals surface area contributed by atoms with E-state index in [1.54, 1.807) is 6.92 Å². The summed E-state index contributed by atoms with van der Waals surface area (Å²) in [4.78, 5) is 3.60. The van der Waals surface area contributed by atoms with Crippen LogP contribution >= 0.6 is 11.6 Å². The van der Waals surface area contributed by atoms with Crippen LogP contribution in [0.2, 0.25) is 5.15 Å². The van der Waals surface area contributed by atoms with Gasteiger partial charge in [0.15, 0.2) is 0 Å². The van der Waals surface area contributed by atoms with Crippen LogP contribution in [0.5, 0.6) is 0 Å². The Labute approximate surface area is 120 Å². The third-order valence-corrected chi connectivity index (χ3v) is 4.19. The van der Waals surface area contributed by atoms with E-state index in [2.05, 4.69) is 9.71 Å². The first-order chi connectivity index (χ1) is 9.29. The maximum Gasteiger partial charge on any atom is 0.264 e. The molecule has 0 spiro atoms. The van der Waals surface area contributed by atoms with Crippen LogP contribution in [0.3, 0.4) is 0 Å². The van der Waals surface area contributed by atoms with Crippen LogP contribution in [-0.4, -0.2) is 13.4 Å². The zero-order valence-corrected chi connectivity index (χ0v) is 12.0. The fourth-order valence-electron chi connectivity index (χ4n) is 1.58. The summed E-state index contributed by atoms with van der Waals surface area (Å²) >= 11 is 5.69. The molecular weight excluding hydrogens is 305 g/mol. The first-order valence-corrected chi connectivity index (χ1v) is 7.37. The molecule has 0 atom stereocenters. The monoisotopic (exact) mass is 315 g/mol. The van der Waals surface area contributed by atoms with Gasteiger partial charge in [0.05, 0.1) is 17.1 Å². The predicted octanol–water partition coefficient (Wildman–Crippen LogP) is 2.57. The van der Waals surface area contributed by atoms with E-state index in [0.717, 1.165) is 12.1 Å². The van der Waals surface area contributed by atoms with Crippen molar-refractivity contribution in [3.8, 4) is 0 Å². The normalized spacial score (nSPS) is 11.3. The van der Waals surface area contributed by atoms with E-state index in [4.69, 9.17) is 17.3 Å². The molecule has 0 aliphatic carbocycles. The molecule has 2 rings (SSSR count). The number of nitrogens with zero attached hydrogens (tertiary/aromatic N) is 1. The number of halogens is 2. The molecular formula is C12H11ClFN3O2S. The number of pyridine rings is 1. The quantitative estimate of drug-likeness (QED) is 0.673. The number of nitrogen functional groups attached to an aromatic ring is 1. The highest BCUT2D eigenvalue weighted by atomic mass is 35.5. The molecule has 20 heavy (non-hydrogen) atoms. The molecule has 3 N–H and O–H groups in total. The van der Waals surface area contributed by atoms with Crippen LogP contribution in [0.1, 0.15) is 5.69 Å². The van der Waals surface area contributed by atoms with Gasteiger partial charge >= 0.3 is 0 Å². The van der Waals surface area contributed by atoms with Gasteiger partial charge in [0.2, 0.25) is 0 Å². The van der Waals surface area contributed by atoms with E-state index in [9.17, 15) is 12.8 Å². The summed E-state index contributed by atoms with van der Waals surface area (Å²) in [7, 11) is -4.00. The zero-order chi connectivity index (χ0) is 14.9. The second-order valence-corrected chi connectivity index (χ2v) is 6.09.